The molecule has 7 nitrogen and oxygen atoms in total. The number of sulfone groups is 1. The van der Waals surface area contributed by atoms with Gasteiger partial charge in [-0.1, -0.05) is 0 Å². The molecule has 1 aliphatic rings. The van der Waals surface area contributed by atoms with Gasteiger partial charge in [0.05, 0.1) is 11.5 Å². The summed E-state index contributed by atoms with van der Waals surface area (Å²) in [5.41, 5.74) is 0.923. The van der Waals surface area contributed by atoms with E-state index in [1.54, 1.807) is 13.0 Å². The van der Waals surface area contributed by atoms with E-state index < -0.39 is 9.84 Å². The lowest BCUT2D eigenvalue weighted by Crippen LogP contribution is -2.36. The molecule has 0 aromatic carbocycles. The lowest BCUT2D eigenvalue weighted by molar-refractivity contribution is 0.0936. The first-order chi connectivity index (χ1) is 9.75. The lowest BCUT2D eigenvalue weighted by Gasteiger charge is -2.13. The summed E-state index contributed by atoms with van der Waals surface area (Å²) in [5.74, 6) is 0.157. The summed E-state index contributed by atoms with van der Waals surface area (Å²) in [7, 11) is -3.02. The Bertz CT molecular complexity index is 643. The molecule has 1 unspecified atom stereocenters. The quantitative estimate of drug-likeness (QED) is 0.840. The zero-order chi connectivity index (χ0) is 15.6. The molecular formula is C13H20N4O3S. The number of hydrogen-bond donors (Lipinski definition) is 2. The highest BCUT2D eigenvalue weighted by atomic mass is 32.2. The summed E-state index contributed by atoms with van der Waals surface area (Å²) in [6.45, 7) is 5.69. The minimum absolute atomic E-state index is 0.0000923. The van der Waals surface area contributed by atoms with E-state index in [0.29, 0.717) is 18.1 Å². The SMILES string of the molecule is Cc1cc(C(=O)NC2CCS(=O)(=O)C2)nc(NC(C)C)n1. The van der Waals surface area contributed by atoms with Gasteiger partial charge in [-0.15, -0.1) is 0 Å². The predicted molar refractivity (Wildman–Crippen MR) is 80.1 cm³/mol. The molecule has 2 rings (SSSR count). The third-order valence-corrected chi connectivity index (χ3v) is 4.84. The number of rotatable bonds is 4. The fourth-order valence-corrected chi connectivity index (χ4v) is 3.85. The Kier molecular flexibility index (Phi) is 4.46. The fourth-order valence-electron chi connectivity index (χ4n) is 2.18. The Labute approximate surface area is 124 Å². The minimum Gasteiger partial charge on any atom is -0.352 e. The number of nitrogens with one attached hydrogen (secondary N) is 2. The van der Waals surface area contributed by atoms with Crippen molar-refractivity contribution < 1.29 is 13.2 Å². The summed E-state index contributed by atoms with van der Waals surface area (Å²) in [6, 6.07) is 1.41. The molecule has 1 atom stereocenters. The Morgan fingerprint density at radius 3 is 2.67 bits per heavy atom. The Morgan fingerprint density at radius 2 is 2.10 bits per heavy atom. The predicted octanol–water partition coefficient (Wildman–Crippen LogP) is 0.522. The van der Waals surface area contributed by atoms with Crippen molar-refractivity contribution in [2.45, 2.75) is 39.3 Å². The van der Waals surface area contributed by atoms with Crippen LogP contribution >= 0.6 is 0 Å². The first kappa shape index (κ1) is 15.7. The van der Waals surface area contributed by atoms with Crippen LogP contribution in [0.1, 0.15) is 36.5 Å². The van der Waals surface area contributed by atoms with Crippen molar-refractivity contribution in [3.8, 4) is 0 Å². The van der Waals surface area contributed by atoms with Crippen LogP contribution in [0.4, 0.5) is 5.95 Å². The highest BCUT2D eigenvalue weighted by Gasteiger charge is 2.29. The average Bonchev–Trinajstić information content (AvgIpc) is 2.66. The van der Waals surface area contributed by atoms with E-state index in [-0.39, 0.29) is 35.2 Å². The molecule has 0 aliphatic carbocycles. The maximum atomic E-state index is 12.2. The monoisotopic (exact) mass is 312 g/mol. The molecular weight excluding hydrogens is 292 g/mol. The van der Waals surface area contributed by atoms with Crippen LogP contribution in [-0.4, -0.2) is 47.9 Å². The van der Waals surface area contributed by atoms with Crippen LogP contribution in [0.5, 0.6) is 0 Å². The molecule has 8 heteroatoms. The van der Waals surface area contributed by atoms with Crippen molar-refractivity contribution in [2.75, 3.05) is 16.8 Å². The second-order valence-electron chi connectivity index (χ2n) is 5.59. The van der Waals surface area contributed by atoms with Crippen molar-refractivity contribution in [1.82, 2.24) is 15.3 Å². The van der Waals surface area contributed by atoms with Crippen LogP contribution in [0, 0.1) is 6.92 Å². The molecule has 116 valence electrons. The van der Waals surface area contributed by atoms with Crippen molar-refractivity contribution in [3.63, 3.8) is 0 Å². The molecule has 2 N–H and O–H groups in total. The average molecular weight is 312 g/mol. The molecule has 1 saturated heterocycles. The standard InChI is InChI=1S/C13H20N4O3S/c1-8(2)14-13-15-9(3)6-11(17-13)12(18)16-10-4-5-21(19,20)7-10/h6,8,10H,4-5,7H2,1-3H3,(H,16,18)(H,14,15,17). The summed E-state index contributed by atoms with van der Waals surface area (Å²) in [6.07, 6.45) is 0.454. The van der Waals surface area contributed by atoms with Crippen molar-refractivity contribution in [3.05, 3.63) is 17.5 Å². The van der Waals surface area contributed by atoms with Gasteiger partial charge in [0.15, 0.2) is 9.84 Å². The Hall–Kier alpha value is -1.70. The number of anilines is 1. The molecule has 2 heterocycles. The van der Waals surface area contributed by atoms with Gasteiger partial charge >= 0.3 is 0 Å². The van der Waals surface area contributed by atoms with Gasteiger partial charge in [-0.25, -0.2) is 18.4 Å². The van der Waals surface area contributed by atoms with Gasteiger partial charge < -0.3 is 10.6 Å². The second kappa shape index (κ2) is 5.97. The van der Waals surface area contributed by atoms with Gasteiger partial charge in [0, 0.05) is 17.8 Å². The first-order valence-electron chi connectivity index (χ1n) is 6.89. The largest absolute Gasteiger partial charge is 0.352 e. The number of aromatic nitrogens is 2. The number of carbonyl (C=O) groups excluding carboxylic acids is 1. The highest BCUT2D eigenvalue weighted by Crippen LogP contribution is 2.12. The van der Waals surface area contributed by atoms with Crippen LogP contribution in [0.25, 0.3) is 0 Å². The van der Waals surface area contributed by atoms with Crippen LogP contribution in [0.2, 0.25) is 0 Å². The zero-order valence-electron chi connectivity index (χ0n) is 12.4. The van der Waals surface area contributed by atoms with Crippen LogP contribution in [0.15, 0.2) is 6.07 Å². The van der Waals surface area contributed by atoms with E-state index in [9.17, 15) is 13.2 Å². The number of amides is 1. The highest BCUT2D eigenvalue weighted by molar-refractivity contribution is 7.91. The van der Waals surface area contributed by atoms with Gasteiger partial charge in [0.1, 0.15) is 5.69 Å². The third-order valence-electron chi connectivity index (χ3n) is 3.07. The van der Waals surface area contributed by atoms with E-state index in [4.69, 9.17) is 0 Å². The number of carbonyl (C=O) groups is 1. The van der Waals surface area contributed by atoms with E-state index >= 15 is 0 Å². The number of aryl methyl sites for hydroxylation is 1. The zero-order valence-corrected chi connectivity index (χ0v) is 13.2. The van der Waals surface area contributed by atoms with Crippen LogP contribution in [0.3, 0.4) is 0 Å². The van der Waals surface area contributed by atoms with E-state index in [2.05, 4.69) is 20.6 Å². The second-order valence-corrected chi connectivity index (χ2v) is 7.82. The van der Waals surface area contributed by atoms with Crippen molar-refractivity contribution in [1.29, 1.82) is 0 Å². The molecule has 0 saturated carbocycles. The van der Waals surface area contributed by atoms with Gasteiger partial charge in [-0.3, -0.25) is 4.79 Å². The fraction of sp³-hybridized carbons (Fsp3) is 0.615. The third kappa shape index (κ3) is 4.38. The van der Waals surface area contributed by atoms with E-state index in [1.807, 2.05) is 13.8 Å². The Balaban J connectivity index is 2.10. The molecule has 0 radical (unpaired) electrons. The summed E-state index contributed by atoms with van der Waals surface area (Å²) < 4.78 is 22.8. The van der Waals surface area contributed by atoms with E-state index in [1.165, 1.54) is 0 Å². The van der Waals surface area contributed by atoms with Gasteiger partial charge in [0.25, 0.3) is 5.91 Å². The van der Waals surface area contributed by atoms with Crippen molar-refractivity contribution in [2.24, 2.45) is 0 Å². The molecule has 1 amide bonds. The molecule has 1 fully saturated rings. The number of hydrogen-bond acceptors (Lipinski definition) is 6. The molecule has 1 aromatic rings. The summed E-state index contributed by atoms with van der Waals surface area (Å²) in [5, 5.41) is 5.77. The van der Waals surface area contributed by atoms with Gasteiger partial charge in [0.2, 0.25) is 5.95 Å². The molecule has 1 aromatic heterocycles. The van der Waals surface area contributed by atoms with Gasteiger partial charge in [-0.05, 0) is 33.3 Å². The van der Waals surface area contributed by atoms with E-state index in [0.717, 1.165) is 0 Å². The molecule has 1 aliphatic heterocycles. The van der Waals surface area contributed by atoms with Gasteiger partial charge in [-0.2, -0.15) is 0 Å². The summed E-state index contributed by atoms with van der Waals surface area (Å²) in [4.78, 5) is 20.6. The minimum atomic E-state index is -3.02. The molecule has 21 heavy (non-hydrogen) atoms. The first-order valence-corrected chi connectivity index (χ1v) is 8.71. The maximum absolute atomic E-state index is 12.2. The smallest absolute Gasteiger partial charge is 0.270 e. The topological polar surface area (TPSA) is 101 Å². The van der Waals surface area contributed by atoms with Crippen molar-refractivity contribution >= 4 is 21.7 Å². The van der Waals surface area contributed by atoms with Crippen LogP contribution in [-0.2, 0) is 9.84 Å². The maximum Gasteiger partial charge on any atom is 0.270 e. The summed E-state index contributed by atoms with van der Waals surface area (Å²) >= 11 is 0. The molecule has 0 spiro atoms. The normalized spacial score (nSPS) is 20.5. The number of nitrogens with zero attached hydrogens (tertiary/aromatic N) is 2. The Morgan fingerprint density at radius 1 is 1.38 bits per heavy atom. The lowest BCUT2D eigenvalue weighted by atomic mass is 10.2. The van der Waals surface area contributed by atoms with Crippen LogP contribution < -0.4 is 10.6 Å². The molecule has 0 bridgehead atoms.